The molecule has 5 fully saturated rings. The van der Waals surface area contributed by atoms with Gasteiger partial charge in [0.15, 0.2) is 0 Å². The van der Waals surface area contributed by atoms with Crippen molar-refractivity contribution in [3.63, 3.8) is 0 Å². The lowest BCUT2D eigenvalue weighted by atomic mass is 9.69. The van der Waals surface area contributed by atoms with Gasteiger partial charge < -0.3 is 14.7 Å². The Morgan fingerprint density at radius 3 is 2.32 bits per heavy atom. The van der Waals surface area contributed by atoms with Crippen LogP contribution < -0.4 is 15.8 Å². The molecule has 1 aliphatic carbocycles. The minimum Gasteiger partial charge on any atom is -0.371 e. The molecule has 6 aliphatic rings. The van der Waals surface area contributed by atoms with Gasteiger partial charge in [-0.05, 0) is 112 Å². The lowest BCUT2D eigenvalue weighted by Gasteiger charge is -2.42. The number of likely N-dealkylation sites (tertiary alicyclic amines) is 2. The Balaban J connectivity index is 0.767. The summed E-state index contributed by atoms with van der Waals surface area (Å²) in [6.45, 7) is 4.30. The molecule has 5 aliphatic heterocycles. The molecule has 13 heteroatoms. The number of carbonyl (C=O) groups is 3. The predicted molar refractivity (Wildman–Crippen MR) is 221 cm³/mol. The minimum atomic E-state index is -1.05. The molecule has 6 heterocycles. The highest BCUT2D eigenvalue weighted by Crippen LogP contribution is 2.52. The highest BCUT2D eigenvalue weighted by molar-refractivity contribution is 6.35. The maximum absolute atomic E-state index is 15.3. The van der Waals surface area contributed by atoms with Crippen LogP contribution in [0.3, 0.4) is 0 Å². The lowest BCUT2D eigenvalue weighted by Crippen LogP contribution is -2.50. The molecule has 3 amide bonds. The largest absolute Gasteiger partial charge is 0.371 e. The zero-order valence-electron chi connectivity index (χ0n) is 33.2. The number of imide groups is 1. The van der Waals surface area contributed by atoms with Crippen molar-refractivity contribution in [1.29, 1.82) is 0 Å². The summed E-state index contributed by atoms with van der Waals surface area (Å²) in [5, 5.41) is 3.10. The normalized spacial score (nSPS) is 23.8. The molecule has 3 aromatic carbocycles. The van der Waals surface area contributed by atoms with Gasteiger partial charge in [-0.2, -0.15) is 4.98 Å². The number of hydrogen-bond donors (Lipinski definition) is 1. The molecule has 4 aromatic rings. The number of carbonyl (C=O) groups excluding carboxylic acids is 3. The van der Waals surface area contributed by atoms with E-state index in [1.807, 2.05) is 21.9 Å². The van der Waals surface area contributed by atoms with Gasteiger partial charge in [-0.25, -0.2) is 8.78 Å². The molecular weight excluding hydrogens is 774 g/mol. The fourth-order valence-corrected chi connectivity index (χ4v) is 11.8. The number of aromatic nitrogens is 2. The summed E-state index contributed by atoms with van der Waals surface area (Å²) < 4.78 is 32.8. The molecule has 0 bridgehead atoms. The van der Waals surface area contributed by atoms with Crippen LogP contribution in [0.5, 0.6) is 0 Å². The van der Waals surface area contributed by atoms with Crippen molar-refractivity contribution in [2.75, 3.05) is 44.2 Å². The molecule has 308 valence electrons. The third-order valence-corrected chi connectivity index (χ3v) is 14.9. The Hall–Kier alpha value is -4.68. The van der Waals surface area contributed by atoms with E-state index in [9.17, 15) is 19.2 Å². The molecule has 0 radical (unpaired) electrons. The fourth-order valence-electron chi connectivity index (χ4n) is 11.5. The Labute approximate surface area is 346 Å². The standard InChI is InChI=1S/C46H49ClF2N6O4/c47-34-5-4-6-37-41(34)43(58)51-45-46(16-2-1-3-17-46)33-9-7-28(23-38(33)55(37)45)27-11-18-52(19-12-27)30-14-21-53(22-15-30)44(59)29-13-20-54(26-29)31-24-35(48)40(36(49)25-31)32-8-10-39(56)50-42(32)57/h4-7,9,23-25,27,29-30,32H,1-3,8,10-22,26H2,(H,50,56,57)/t29-,32?/m1/s1. The van der Waals surface area contributed by atoms with Gasteiger partial charge in [-0.15, -0.1) is 0 Å². The molecule has 4 saturated heterocycles. The van der Waals surface area contributed by atoms with Gasteiger partial charge in [-0.3, -0.25) is 29.1 Å². The molecule has 1 unspecified atom stereocenters. The topological polar surface area (TPSA) is 108 Å². The van der Waals surface area contributed by atoms with Gasteiger partial charge in [0.25, 0.3) is 5.56 Å². The van der Waals surface area contributed by atoms with Crippen LogP contribution in [0.25, 0.3) is 16.6 Å². The summed E-state index contributed by atoms with van der Waals surface area (Å²) >= 11 is 6.60. The average molecular weight is 823 g/mol. The third kappa shape index (κ3) is 6.56. The first-order valence-electron chi connectivity index (χ1n) is 21.6. The van der Waals surface area contributed by atoms with Crippen molar-refractivity contribution < 1.29 is 23.2 Å². The predicted octanol–water partition coefficient (Wildman–Crippen LogP) is 7.10. The van der Waals surface area contributed by atoms with Crippen molar-refractivity contribution in [3.05, 3.63) is 98.1 Å². The number of hydrogen-bond acceptors (Lipinski definition) is 7. The van der Waals surface area contributed by atoms with Crippen molar-refractivity contribution in [3.8, 4) is 5.69 Å². The maximum atomic E-state index is 15.3. The summed E-state index contributed by atoms with van der Waals surface area (Å²) in [6, 6.07) is 15.6. The number of piperidine rings is 3. The number of halogens is 3. The first-order valence-corrected chi connectivity index (χ1v) is 21.9. The van der Waals surface area contributed by atoms with E-state index in [2.05, 4.69) is 33.0 Å². The molecular formula is C46H49ClF2N6O4. The van der Waals surface area contributed by atoms with E-state index >= 15 is 8.78 Å². The number of anilines is 1. The summed E-state index contributed by atoms with van der Waals surface area (Å²) in [5.41, 5.74) is 4.16. The molecule has 2 atom stereocenters. The van der Waals surface area contributed by atoms with Crippen LogP contribution >= 0.6 is 11.6 Å². The second-order valence-corrected chi connectivity index (χ2v) is 18.2. The Bertz CT molecular complexity index is 2410. The van der Waals surface area contributed by atoms with Crippen LogP contribution in [0.2, 0.25) is 5.02 Å². The van der Waals surface area contributed by atoms with E-state index in [0.29, 0.717) is 60.7 Å². The van der Waals surface area contributed by atoms with Crippen LogP contribution in [-0.4, -0.2) is 82.4 Å². The second-order valence-electron chi connectivity index (χ2n) is 17.8. The number of fused-ring (bicyclic) bond motifs is 7. The van der Waals surface area contributed by atoms with E-state index in [1.165, 1.54) is 29.7 Å². The van der Waals surface area contributed by atoms with Crippen molar-refractivity contribution in [2.45, 2.75) is 100 Å². The summed E-state index contributed by atoms with van der Waals surface area (Å²) in [5.74, 6) is -2.63. The van der Waals surface area contributed by atoms with Gasteiger partial charge in [0.05, 0.1) is 38.9 Å². The van der Waals surface area contributed by atoms with Crippen molar-refractivity contribution in [1.82, 2.24) is 24.7 Å². The van der Waals surface area contributed by atoms with Gasteiger partial charge in [-0.1, -0.05) is 49.1 Å². The molecule has 1 aromatic heterocycles. The molecule has 1 spiro atoms. The van der Waals surface area contributed by atoms with E-state index < -0.39 is 29.4 Å². The SMILES string of the molecule is O=C1CCC(c2c(F)cc(N3CC[C@@H](C(=O)N4CCC(N5CCC(c6ccc7c(c6)-n6c(nc(=O)c8c(Cl)cccc86)C76CCCCC6)CC5)CC4)C3)cc2F)C(=O)N1. The minimum absolute atomic E-state index is 0.0363. The molecule has 1 saturated carbocycles. The van der Waals surface area contributed by atoms with Gasteiger partial charge in [0.2, 0.25) is 17.7 Å². The number of amides is 3. The molecule has 10 nitrogen and oxygen atoms in total. The second kappa shape index (κ2) is 15.1. The summed E-state index contributed by atoms with van der Waals surface area (Å²) in [7, 11) is 0. The average Bonchev–Trinajstić information content (AvgIpc) is 3.83. The number of benzene rings is 3. The third-order valence-electron chi connectivity index (χ3n) is 14.6. The van der Waals surface area contributed by atoms with Gasteiger partial charge in [0, 0.05) is 49.9 Å². The van der Waals surface area contributed by atoms with Crippen LogP contribution in [0, 0.1) is 17.6 Å². The quantitative estimate of drug-likeness (QED) is 0.214. The first-order chi connectivity index (χ1) is 28.6. The smallest absolute Gasteiger partial charge is 0.282 e. The number of nitrogens with zero attached hydrogens (tertiary/aromatic N) is 5. The molecule has 10 rings (SSSR count). The maximum Gasteiger partial charge on any atom is 0.282 e. The Morgan fingerprint density at radius 1 is 0.847 bits per heavy atom. The lowest BCUT2D eigenvalue weighted by molar-refractivity contribution is -0.137. The summed E-state index contributed by atoms with van der Waals surface area (Å²) in [6.07, 6.45) is 10.1. The van der Waals surface area contributed by atoms with Crippen molar-refractivity contribution >= 4 is 45.9 Å². The Kier molecular flexibility index (Phi) is 9.86. The number of rotatable bonds is 5. The first kappa shape index (κ1) is 38.5. The van der Waals surface area contributed by atoms with Gasteiger partial charge >= 0.3 is 0 Å². The van der Waals surface area contributed by atoms with E-state index in [1.54, 1.807) is 6.07 Å². The monoisotopic (exact) mass is 822 g/mol. The van der Waals surface area contributed by atoms with E-state index in [4.69, 9.17) is 16.6 Å². The summed E-state index contributed by atoms with van der Waals surface area (Å²) in [4.78, 5) is 62.2. The van der Waals surface area contributed by atoms with Crippen LogP contribution in [0.1, 0.15) is 111 Å². The van der Waals surface area contributed by atoms with Crippen LogP contribution in [-0.2, 0) is 19.8 Å². The van der Waals surface area contributed by atoms with Crippen molar-refractivity contribution in [2.24, 2.45) is 5.92 Å². The zero-order valence-corrected chi connectivity index (χ0v) is 33.9. The highest BCUT2D eigenvalue weighted by Gasteiger charge is 2.47. The van der Waals surface area contributed by atoms with Gasteiger partial charge in [0.1, 0.15) is 17.5 Å². The number of nitrogens with one attached hydrogen (secondary N) is 1. The van der Waals surface area contributed by atoms with E-state index in [0.717, 1.165) is 81.5 Å². The fraction of sp³-hybridized carbons (Fsp3) is 0.500. The highest BCUT2D eigenvalue weighted by atomic mass is 35.5. The zero-order chi connectivity index (χ0) is 40.6. The molecule has 59 heavy (non-hydrogen) atoms. The molecule has 1 N–H and O–H groups in total. The van der Waals surface area contributed by atoms with E-state index in [-0.39, 0.29) is 41.2 Å². The van der Waals surface area contributed by atoms with Crippen LogP contribution in [0.15, 0.2) is 53.3 Å². The Morgan fingerprint density at radius 2 is 1.59 bits per heavy atom. The van der Waals surface area contributed by atoms with Crippen LogP contribution in [0.4, 0.5) is 14.5 Å².